The van der Waals surface area contributed by atoms with E-state index < -0.39 is 0 Å². The van der Waals surface area contributed by atoms with Gasteiger partial charge in [0.25, 0.3) is 0 Å². The van der Waals surface area contributed by atoms with Crippen LogP contribution in [0.2, 0.25) is 0 Å². The standard InChI is InChI=1S/C64H40N4OS/c1-64(2)50-28-11-8-22-43(50)57-46(25-15-29-51(57)64)61-65-62(67-63(66-61)48-27-14-24-42-40-20-10-13-31-54(40)69-60(42)48)47-26-16-32-55-59(47)45-34-33-38(35-56(45)70-55)68-52-30-12-9-23-44(52)58-41-21-7-6-19-39(41)49(36-53(58)68)37-17-4-3-5-18-37/h3-36H,1-2H3. The van der Waals surface area contributed by atoms with Gasteiger partial charge in [0, 0.05) is 63.9 Å². The van der Waals surface area contributed by atoms with E-state index in [0.29, 0.717) is 17.5 Å². The van der Waals surface area contributed by atoms with E-state index in [9.17, 15) is 0 Å². The number of rotatable bonds is 5. The van der Waals surface area contributed by atoms with Crippen LogP contribution in [0.4, 0.5) is 0 Å². The minimum absolute atomic E-state index is 0.183. The second-order valence-electron chi connectivity index (χ2n) is 19.0. The third kappa shape index (κ3) is 5.56. The van der Waals surface area contributed by atoms with Crippen LogP contribution >= 0.6 is 11.3 Å². The van der Waals surface area contributed by atoms with Crippen LogP contribution in [0.1, 0.15) is 25.0 Å². The predicted molar refractivity (Wildman–Crippen MR) is 291 cm³/mol. The van der Waals surface area contributed by atoms with E-state index in [0.717, 1.165) is 55.1 Å². The Kier molecular flexibility index (Phi) is 8.22. The Morgan fingerprint density at radius 2 is 1.04 bits per heavy atom. The van der Waals surface area contributed by atoms with Crippen molar-refractivity contribution in [3.63, 3.8) is 0 Å². The largest absolute Gasteiger partial charge is 0.455 e. The second kappa shape index (κ2) is 14.6. The van der Waals surface area contributed by atoms with Crippen LogP contribution in [0.3, 0.4) is 0 Å². The molecule has 0 amide bonds. The Hall–Kier alpha value is -8.71. The van der Waals surface area contributed by atoms with Gasteiger partial charge in [-0.25, -0.2) is 15.0 Å². The lowest BCUT2D eigenvalue weighted by atomic mass is 9.82. The molecule has 15 rings (SSSR count). The molecule has 70 heavy (non-hydrogen) atoms. The molecule has 0 aliphatic heterocycles. The third-order valence-corrected chi connectivity index (χ3v) is 16.0. The van der Waals surface area contributed by atoms with Gasteiger partial charge in [-0.3, -0.25) is 0 Å². The highest BCUT2D eigenvalue weighted by molar-refractivity contribution is 7.26. The summed E-state index contributed by atoms with van der Waals surface area (Å²) in [4.78, 5) is 16.3. The molecule has 5 nitrogen and oxygen atoms in total. The van der Waals surface area contributed by atoms with Gasteiger partial charge >= 0.3 is 0 Å². The van der Waals surface area contributed by atoms with Gasteiger partial charge < -0.3 is 8.98 Å². The number of thiophene rings is 1. The summed E-state index contributed by atoms with van der Waals surface area (Å²) in [6, 6.07) is 74.1. The molecular formula is C64H40N4OS. The van der Waals surface area contributed by atoms with Crippen molar-refractivity contribution >= 4 is 86.0 Å². The van der Waals surface area contributed by atoms with Crippen molar-refractivity contribution < 1.29 is 4.42 Å². The number of hydrogen-bond acceptors (Lipinski definition) is 5. The molecule has 0 fully saturated rings. The number of furan rings is 1. The van der Waals surface area contributed by atoms with Crippen LogP contribution in [-0.2, 0) is 5.41 Å². The molecule has 10 aromatic carbocycles. The van der Waals surface area contributed by atoms with E-state index in [-0.39, 0.29) is 5.41 Å². The van der Waals surface area contributed by atoms with Crippen LogP contribution in [0.25, 0.3) is 137 Å². The van der Waals surface area contributed by atoms with Gasteiger partial charge in [-0.2, -0.15) is 0 Å². The van der Waals surface area contributed by atoms with Gasteiger partial charge in [-0.05, 0) is 86.6 Å². The van der Waals surface area contributed by atoms with Crippen molar-refractivity contribution in [3.8, 4) is 62.1 Å². The lowest BCUT2D eigenvalue weighted by Gasteiger charge is -2.21. The molecule has 4 aromatic heterocycles. The van der Waals surface area contributed by atoms with Crippen molar-refractivity contribution in [1.29, 1.82) is 0 Å². The summed E-state index contributed by atoms with van der Waals surface area (Å²) in [5, 5.41) is 9.39. The Morgan fingerprint density at radius 1 is 0.414 bits per heavy atom. The molecule has 0 unspecified atom stereocenters. The van der Waals surface area contributed by atoms with Crippen molar-refractivity contribution in [2.45, 2.75) is 19.3 Å². The molecule has 6 heteroatoms. The molecule has 0 N–H and O–H groups in total. The van der Waals surface area contributed by atoms with Crippen molar-refractivity contribution in [3.05, 3.63) is 217 Å². The van der Waals surface area contributed by atoms with Gasteiger partial charge in [-0.1, -0.05) is 178 Å². The molecule has 0 spiro atoms. The minimum atomic E-state index is -0.183. The second-order valence-corrected chi connectivity index (χ2v) is 20.1. The molecule has 4 heterocycles. The lowest BCUT2D eigenvalue weighted by Crippen LogP contribution is -2.14. The van der Waals surface area contributed by atoms with E-state index in [1.807, 2.05) is 23.5 Å². The normalized spacial score (nSPS) is 13.1. The molecule has 0 atom stereocenters. The summed E-state index contributed by atoms with van der Waals surface area (Å²) >= 11 is 1.81. The molecule has 328 valence electrons. The number of fused-ring (bicyclic) bond motifs is 14. The van der Waals surface area contributed by atoms with Gasteiger partial charge in [0.1, 0.15) is 11.2 Å². The summed E-state index contributed by atoms with van der Waals surface area (Å²) < 4.78 is 11.5. The SMILES string of the molecule is CC1(C)c2ccccc2-c2c(-c3nc(-c4cccc5c4oc4ccccc45)nc(-c4cccc5sc6cc(-n7c8ccccc8c8c9ccccc9c(-c9ccccc9)cc87)ccc6c45)n3)cccc21. The molecule has 1 aliphatic carbocycles. The van der Waals surface area contributed by atoms with Crippen LogP contribution < -0.4 is 0 Å². The fourth-order valence-electron chi connectivity index (χ4n) is 11.7. The van der Waals surface area contributed by atoms with Crippen LogP contribution in [-0.4, -0.2) is 19.5 Å². The summed E-state index contributed by atoms with van der Waals surface area (Å²) in [5.41, 5.74) is 15.1. The number of hydrogen-bond donors (Lipinski definition) is 0. The topological polar surface area (TPSA) is 56.7 Å². The number of para-hydroxylation sites is 3. The van der Waals surface area contributed by atoms with Crippen LogP contribution in [0, 0.1) is 0 Å². The van der Waals surface area contributed by atoms with Crippen LogP contribution in [0.15, 0.2) is 211 Å². The van der Waals surface area contributed by atoms with Crippen molar-refractivity contribution in [2.75, 3.05) is 0 Å². The maximum absolute atomic E-state index is 6.64. The average Bonchev–Trinajstić information content (AvgIpc) is 4.15. The van der Waals surface area contributed by atoms with E-state index in [1.54, 1.807) is 0 Å². The van der Waals surface area contributed by atoms with Gasteiger partial charge in [0.2, 0.25) is 0 Å². The lowest BCUT2D eigenvalue weighted by molar-refractivity contribution is 0.660. The molecular weight excluding hydrogens is 873 g/mol. The van der Waals surface area contributed by atoms with E-state index in [1.165, 1.54) is 75.4 Å². The quantitative estimate of drug-likeness (QED) is 0.173. The first-order chi connectivity index (χ1) is 34.5. The zero-order chi connectivity index (χ0) is 46.2. The fourth-order valence-corrected chi connectivity index (χ4v) is 12.9. The number of benzene rings is 10. The Labute approximate surface area is 406 Å². The summed E-state index contributed by atoms with van der Waals surface area (Å²) in [6.45, 7) is 4.62. The van der Waals surface area contributed by atoms with E-state index in [4.69, 9.17) is 19.4 Å². The Balaban J connectivity index is 0.963. The highest BCUT2D eigenvalue weighted by Gasteiger charge is 2.37. The maximum atomic E-state index is 6.64. The number of nitrogens with zero attached hydrogens (tertiary/aromatic N) is 4. The summed E-state index contributed by atoms with van der Waals surface area (Å²) in [5.74, 6) is 1.82. The highest BCUT2D eigenvalue weighted by Crippen LogP contribution is 2.52. The predicted octanol–water partition coefficient (Wildman–Crippen LogP) is 17.4. The zero-order valence-corrected chi connectivity index (χ0v) is 39.1. The molecule has 0 bridgehead atoms. The van der Waals surface area contributed by atoms with E-state index >= 15 is 0 Å². The van der Waals surface area contributed by atoms with Gasteiger partial charge in [0.15, 0.2) is 17.5 Å². The zero-order valence-electron chi connectivity index (χ0n) is 38.2. The minimum Gasteiger partial charge on any atom is -0.455 e. The summed E-state index contributed by atoms with van der Waals surface area (Å²) in [6.07, 6.45) is 0. The molecule has 1 aliphatic rings. The molecule has 0 saturated carbocycles. The first-order valence-corrected chi connectivity index (χ1v) is 24.7. The van der Waals surface area contributed by atoms with E-state index in [2.05, 4.69) is 213 Å². The smallest absolute Gasteiger partial charge is 0.167 e. The average molecular weight is 913 g/mol. The van der Waals surface area contributed by atoms with Gasteiger partial charge in [0.05, 0.1) is 16.6 Å². The first-order valence-electron chi connectivity index (χ1n) is 23.8. The Morgan fingerprint density at radius 3 is 1.91 bits per heavy atom. The monoisotopic (exact) mass is 912 g/mol. The highest BCUT2D eigenvalue weighted by atomic mass is 32.1. The molecule has 0 saturated heterocycles. The molecule has 0 radical (unpaired) electrons. The van der Waals surface area contributed by atoms with Crippen molar-refractivity contribution in [2.24, 2.45) is 0 Å². The third-order valence-electron chi connectivity index (χ3n) is 14.9. The number of aromatic nitrogens is 4. The first kappa shape index (κ1) is 39.3. The summed E-state index contributed by atoms with van der Waals surface area (Å²) in [7, 11) is 0. The maximum Gasteiger partial charge on any atom is 0.167 e. The van der Waals surface area contributed by atoms with Gasteiger partial charge in [-0.15, -0.1) is 11.3 Å². The fraction of sp³-hybridized carbons (Fsp3) is 0.0469. The van der Waals surface area contributed by atoms with Crippen LogP contribution in [0.5, 0.6) is 0 Å². The Bertz CT molecular complexity index is 4520. The molecule has 14 aromatic rings. The van der Waals surface area contributed by atoms with Crippen molar-refractivity contribution in [1.82, 2.24) is 19.5 Å².